The lowest BCUT2D eigenvalue weighted by Gasteiger charge is -2.33. The van der Waals surface area contributed by atoms with E-state index in [1.165, 1.54) is 12.7 Å². The number of nitrogens with one attached hydrogen (secondary N) is 1. The molecule has 1 aliphatic carbocycles. The van der Waals surface area contributed by atoms with Gasteiger partial charge < -0.3 is 19.9 Å². The average Bonchev–Trinajstić information content (AvgIpc) is 2.65. The van der Waals surface area contributed by atoms with Crippen LogP contribution < -0.4 is 14.8 Å². The van der Waals surface area contributed by atoms with E-state index in [0.717, 1.165) is 12.0 Å². The van der Waals surface area contributed by atoms with Crippen LogP contribution >= 0.6 is 0 Å². The van der Waals surface area contributed by atoms with Gasteiger partial charge in [-0.15, -0.1) is 0 Å². The fourth-order valence-corrected chi connectivity index (χ4v) is 3.26. The van der Waals surface area contributed by atoms with Crippen LogP contribution in [0.25, 0.3) is 0 Å². The molecule has 5 nitrogen and oxygen atoms in total. The molecule has 1 unspecified atom stereocenters. The van der Waals surface area contributed by atoms with Gasteiger partial charge in [0.1, 0.15) is 11.5 Å². The number of hydrogen-bond donors (Lipinski definition) is 2. The Morgan fingerprint density at radius 3 is 2.64 bits per heavy atom. The fraction of sp³-hybridized carbons (Fsp3) is 0.350. The van der Waals surface area contributed by atoms with Crippen molar-refractivity contribution in [3.8, 4) is 11.5 Å². The third-order valence-electron chi connectivity index (χ3n) is 4.73. The molecule has 0 saturated carbocycles. The van der Waals surface area contributed by atoms with Crippen molar-refractivity contribution in [2.45, 2.75) is 24.9 Å². The first kappa shape index (κ1) is 17.3. The lowest BCUT2D eigenvalue weighted by Crippen LogP contribution is -2.46. The van der Waals surface area contributed by atoms with Crippen LogP contribution in [0.15, 0.2) is 42.5 Å². The lowest BCUT2D eigenvalue weighted by molar-refractivity contribution is 0.0259. The summed E-state index contributed by atoms with van der Waals surface area (Å²) in [5.74, 6) is 0.792. The molecule has 2 aromatic rings. The zero-order chi connectivity index (χ0) is 17.9. The van der Waals surface area contributed by atoms with E-state index < -0.39 is 5.60 Å². The molecule has 2 aromatic carbocycles. The molecule has 3 rings (SSSR count). The minimum atomic E-state index is -0.927. The van der Waals surface area contributed by atoms with Crippen LogP contribution in [-0.4, -0.2) is 37.4 Å². The molecule has 0 saturated heterocycles. The molecular formula is C20H23NO4. The average molecular weight is 341 g/mol. The molecule has 132 valence electrons. The first-order valence-corrected chi connectivity index (χ1v) is 8.34. The van der Waals surface area contributed by atoms with Crippen LogP contribution in [0.4, 0.5) is 0 Å². The Labute approximate surface area is 147 Å². The Bertz CT molecular complexity index is 774. The smallest absolute Gasteiger partial charge is 0.255 e. The molecule has 1 atom stereocenters. The molecule has 0 fully saturated rings. The molecule has 0 aliphatic heterocycles. The number of ether oxygens (including phenoxy) is 2. The van der Waals surface area contributed by atoms with Crippen molar-refractivity contribution in [2.24, 2.45) is 0 Å². The van der Waals surface area contributed by atoms with E-state index in [0.29, 0.717) is 29.9 Å². The van der Waals surface area contributed by atoms with Gasteiger partial charge in [-0.25, -0.2) is 0 Å². The van der Waals surface area contributed by atoms with E-state index in [-0.39, 0.29) is 12.5 Å². The summed E-state index contributed by atoms with van der Waals surface area (Å²) in [6, 6.07) is 13.2. The number of methoxy groups -OCH3 is 2. The monoisotopic (exact) mass is 341 g/mol. The summed E-state index contributed by atoms with van der Waals surface area (Å²) in [7, 11) is 3.07. The zero-order valence-corrected chi connectivity index (χ0v) is 14.5. The number of carbonyl (C=O) groups is 1. The highest BCUT2D eigenvalue weighted by Gasteiger charge is 2.32. The number of aliphatic hydroxyl groups is 1. The van der Waals surface area contributed by atoms with Crippen molar-refractivity contribution in [3.63, 3.8) is 0 Å². The highest BCUT2D eigenvalue weighted by atomic mass is 16.5. The van der Waals surface area contributed by atoms with E-state index in [4.69, 9.17) is 9.47 Å². The van der Waals surface area contributed by atoms with Crippen LogP contribution in [0.2, 0.25) is 0 Å². The minimum Gasteiger partial charge on any atom is -0.497 e. The Morgan fingerprint density at radius 1 is 1.16 bits per heavy atom. The maximum Gasteiger partial charge on any atom is 0.255 e. The zero-order valence-electron chi connectivity index (χ0n) is 14.5. The number of hydrogen-bond acceptors (Lipinski definition) is 4. The van der Waals surface area contributed by atoms with E-state index in [9.17, 15) is 9.90 Å². The molecular weight excluding hydrogens is 318 g/mol. The second-order valence-corrected chi connectivity index (χ2v) is 6.42. The van der Waals surface area contributed by atoms with Crippen LogP contribution in [0.1, 0.15) is 27.9 Å². The SMILES string of the molecule is COc1ccc(C(=O)NCC2(O)CCc3ccccc3C2)c(OC)c1. The van der Waals surface area contributed by atoms with Gasteiger partial charge in [-0.05, 0) is 36.1 Å². The van der Waals surface area contributed by atoms with Crippen molar-refractivity contribution in [2.75, 3.05) is 20.8 Å². The fourth-order valence-electron chi connectivity index (χ4n) is 3.26. The van der Waals surface area contributed by atoms with Crippen molar-refractivity contribution in [1.82, 2.24) is 5.32 Å². The standard InChI is InChI=1S/C20H23NO4/c1-24-16-7-8-17(18(11-16)25-2)19(22)21-13-20(23)10-9-14-5-3-4-6-15(14)12-20/h3-8,11,23H,9-10,12-13H2,1-2H3,(H,21,22). The number of aryl methyl sites for hydroxylation is 1. The second-order valence-electron chi connectivity index (χ2n) is 6.42. The molecule has 1 amide bonds. The Balaban J connectivity index is 1.68. The van der Waals surface area contributed by atoms with Crippen molar-refractivity contribution in [3.05, 3.63) is 59.2 Å². The summed E-state index contributed by atoms with van der Waals surface area (Å²) in [6.45, 7) is 0.204. The first-order valence-electron chi connectivity index (χ1n) is 8.34. The predicted octanol–water partition coefficient (Wildman–Crippen LogP) is 2.35. The topological polar surface area (TPSA) is 67.8 Å². The summed E-state index contributed by atoms with van der Waals surface area (Å²) < 4.78 is 10.4. The van der Waals surface area contributed by atoms with Gasteiger partial charge in [-0.1, -0.05) is 24.3 Å². The largest absolute Gasteiger partial charge is 0.497 e. The van der Waals surface area contributed by atoms with Gasteiger partial charge in [-0.3, -0.25) is 4.79 Å². The maximum absolute atomic E-state index is 12.5. The molecule has 2 N–H and O–H groups in total. The van der Waals surface area contributed by atoms with Gasteiger partial charge in [-0.2, -0.15) is 0 Å². The Morgan fingerprint density at radius 2 is 1.92 bits per heavy atom. The van der Waals surface area contributed by atoms with Gasteiger partial charge >= 0.3 is 0 Å². The van der Waals surface area contributed by atoms with E-state index >= 15 is 0 Å². The van der Waals surface area contributed by atoms with E-state index in [2.05, 4.69) is 11.4 Å². The maximum atomic E-state index is 12.5. The summed E-state index contributed by atoms with van der Waals surface area (Å²) >= 11 is 0. The van der Waals surface area contributed by atoms with Gasteiger partial charge in [0.05, 0.1) is 25.4 Å². The van der Waals surface area contributed by atoms with Gasteiger partial charge in [0.2, 0.25) is 0 Å². The third-order valence-corrected chi connectivity index (χ3v) is 4.73. The van der Waals surface area contributed by atoms with Crippen molar-refractivity contribution >= 4 is 5.91 Å². The van der Waals surface area contributed by atoms with Crippen LogP contribution in [0, 0.1) is 0 Å². The predicted molar refractivity (Wildman–Crippen MR) is 95.3 cm³/mol. The number of fused-ring (bicyclic) bond motifs is 1. The van der Waals surface area contributed by atoms with E-state index in [1.807, 2.05) is 18.2 Å². The molecule has 1 aliphatic rings. The number of amides is 1. The number of benzene rings is 2. The molecule has 0 bridgehead atoms. The molecule has 0 aromatic heterocycles. The minimum absolute atomic E-state index is 0.204. The first-order chi connectivity index (χ1) is 12.0. The highest BCUT2D eigenvalue weighted by Crippen LogP contribution is 2.29. The number of rotatable bonds is 5. The molecule has 0 heterocycles. The Kier molecular flexibility index (Phi) is 4.95. The summed E-state index contributed by atoms with van der Waals surface area (Å²) in [5.41, 5.74) is 1.91. The van der Waals surface area contributed by atoms with Crippen LogP contribution in [-0.2, 0) is 12.8 Å². The third kappa shape index (κ3) is 3.77. The van der Waals surface area contributed by atoms with E-state index in [1.54, 1.807) is 25.3 Å². The van der Waals surface area contributed by atoms with Crippen molar-refractivity contribution in [1.29, 1.82) is 0 Å². The van der Waals surface area contributed by atoms with Gasteiger partial charge in [0.15, 0.2) is 0 Å². The molecule has 0 spiro atoms. The summed E-state index contributed by atoms with van der Waals surface area (Å²) in [5, 5.41) is 13.7. The quantitative estimate of drug-likeness (QED) is 0.876. The Hall–Kier alpha value is -2.53. The highest BCUT2D eigenvalue weighted by molar-refractivity contribution is 5.97. The van der Waals surface area contributed by atoms with Gasteiger partial charge in [0, 0.05) is 19.0 Å². The molecule has 0 radical (unpaired) electrons. The normalized spacial score (nSPS) is 19.0. The number of carbonyl (C=O) groups excluding carboxylic acids is 1. The van der Waals surface area contributed by atoms with Crippen molar-refractivity contribution < 1.29 is 19.4 Å². The summed E-state index contributed by atoms with van der Waals surface area (Å²) in [4.78, 5) is 12.5. The van der Waals surface area contributed by atoms with Crippen LogP contribution in [0.5, 0.6) is 11.5 Å². The molecule has 5 heteroatoms. The van der Waals surface area contributed by atoms with Gasteiger partial charge in [0.25, 0.3) is 5.91 Å². The second kappa shape index (κ2) is 7.15. The van der Waals surface area contributed by atoms with Crippen LogP contribution in [0.3, 0.4) is 0 Å². The molecule has 25 heavy (non-hydrogen) atoms. The lowest BCUT2D eigenvalue weighted by atomic mass is 9.80. The summed E-state index contributed by atoms with van der Waals surface area (Å²) in [6.07, 6.45) is 1.99.